The number of amides is 2. The maximum atomic E-state index is 12.8. The van der Waals surface area contributed by atoms with E-state index in [0.717, 1.165) is 22.2 Å². The SMILES string of the molecule is Cn1c(=O)n(C)c2cc(/C=C3\SC(=O)N(Cc4ccccc4[N+](=O)[O-])C3=O)ccc21. The first-order chi connectivity index (χ1) is 14.3. The maximum absolute atomic E-state index is 12.8. The van der Waals surface area contributed by atoms with Crippen LogP contribution >= 0.6 is 11.8 Å². The summed E-state index contributed by atoms with van der Waals surface area (Å²) in [6, 6.07) is 11.3. The minimum Gasteiger partial charge on any atom is -0.295 e. The standard InChI is InChI=1S/C20H16N4O5S/c1-21-15-8-7-12(9-16(15)22(2)19(21)26)10-17-18(25)23(20(27)30-17)11-13-5-3-4-6-14(13)24(28)29/h3-10H,11H2,1-2H3/b17-10-. The lowest BCUT2D eigenvalue weighted by atomic mass is 10.1. The second-order valence-corrected chi connectivity index (χ2v) is 7.80. The molecule has 2 heterocycles. The topological polar surface area (TPSA) is 107 Å². The fraction of sp³-hybridized carbons (Fsp3) is 0.150. The molecule has 0 bridgehead atoms. The van der Waals surface area contributed by atoms with Crippen LogP contribution in [0.2, 0.25) is 0 Å². The molecule has 1 aliphatic rings. The molecule has 0 spiro atoms. The summed E-state index contributed by atoms with van der Waals surface area (Å²) < 4.78 is 3.03. The van der Waals surface area contributed by atoms with E-state index >= 15 is 0 Å². The van der Waals surface area contributed by atoms with Gasteiger partial charge in [-0.25, -0.2) is 4.79 Å². The maximum Gasteiger partial charge on any atom is 0.328 e. The first-order valence-corrected chi connectivity index (χ1v) is 9.72. The Hall–Kier alpha value is -3.66. The Morgan fingerprint density at radius 2 is 1.73 bits per heavy atom. The van der Waals surface area contributed by atoms with Crippen molar-refractivity contribution in [1.82, 2.24) is 14.0 Å². The third kappa shape index (κ3) is 3.20. The van der Waals surface area contributed by atoms with Crippen LogP contribution in [-0.4, -0.2) is 30.1 Å². The van der Waals surface area contributed by atoms with Crippen LogP contribution in [0.4, 0.5) is 10.5 Å². The third-order valence-electron chi connectivity index (χ3n) is 4.98. The lowest BCUT2D eigenvalue weighted by Crippen LogP contribution is -2.27. The zero-order valence-corrected chi connectivity index (χ0v) is 16.9. The Morgan fingerprint density at radius 3 is 2.47 bits per heavy atom. The monoisotopic (exact) mass is 424 g/mol. The summed E-state index contributed by atoms with van der Waals surface area (Å²) in [6.07, 6.45) is 1.58. The largest absolute Gasteiger partial charge is 0.328 e. The smallest absolute Gasteiger partial charge is 0.295 e. The highest BCUT2D eigenvalue weighted by Crippen LogP contribution is 2.34. The van der Waals surface area contributed by atoms with E-state index in [0.29, 0.717) is 11.1 Å². The van der Waals surface area contributed by atoms with Crippen LogP contribution in [0, 0.1) is 10.1 Å². The van der Waals surface area contributed by atoms with E-state index < -0.39 is 16.1 Å². The fourth-order valence-corrected chi connectivity index (χ4v) is 4.23. The van der Waals surface area contributed by atoms with Gasteiger partial charge in [0.15, 0.2) is 0 Å². The van der Waals surface area contributed by atoms with Gasteiger partial charge in [-0.2, -0.15) is 0 Å². The second-order valence-electron chi connectivity index (χ2n) is 6.80. The normalized spacial score (nSPS) is 15.5. The Bertz CT molecular complexity index is 1320. The van der Waals surface area contributed by atoms with E-state index in [2.05, 4.69) is 0 Å². The minimum atomic E-state index is -0.538. The minimum absolute atomic E-state index is 0.143. The predicted octanol–water partition coefficient (Wildman–Crippen LogP) is 3.02. The van der Waals surface area contributed by atoms with Gasteiger partial charge in [-0.15, -0.1) is 0 Å². The highest BCUT2D eigenvalue weighted by molar-refractivity contribution is 8.18. The highest BCUT2D eigenvalue weighted by Gasteiger charge is 2.36. The molecule has 9 nitrogen and oxygen atoms in total. The van der Waals surface area contributed by atoms with Gasteiger partial charge in [-0.05, 0) is 35.5 Å². The zero-order valence-electron chi connectivity index (χ0n) is 16.1. The number of imide groups is 1. The molecular formula is C20H16N4O5S. The number of nitrogens with zero attached hydrogens (tertiary/aromatic N) is 4. The van der Waals surface area contributed by atoms with Gasteiger partial charge in [0.1, 0.15) is 0 Å². The molecule has 0 N–H and O–H groups in total. The number of benzene rings is 2. The molecule has 3 aromatic rings. The Morgan fingerprint density at radius 1 is 1.03 bits per heavy atom. The summed E-state index contributed by atoms with van der Waals surface area (Å²) in [5.74, 6) is -0.509. The molecule has 4 rings (SSSR count). The summed E-state index contributed by atoms with van der Waals surface area (Å²) in [4.78, 5) is 49.1. The highest BCUT2D eigenvalue weighted by atomic mass is 32.2. The van der Waals surface area contributed by atoms with Gasteiger partial charge >= 0.3 is 5.69 Å². The number of hydrogen-bond acceptors (Lipinski definition) is 6. The van der Waals surface area contributed by atoms with Crippen LogP contribution in [0.15, 0.2) is 52.2 Å². The van der Waals surface area contributed by atoms with Crippen molar-refractivity contribution in [3.8, 4) is 0 Å². The van der Waals surface area contributed by atoms with Crippen molar-refractivity contribution in [3.63, 3.8) is 0 Å². The molecule has 1 aromatic heterocycles. The number of aromatic nitrogens is 2. The van der Waals surface area contributed by atoms with E-state index in [1.165, 1.54) is 27.3 Å². The summed E-state index contributed by atoms with van der Waals surface area (Å²) >= 11 is 0.783. The Balaban J connectivity index is 1.65. The number of carbonyl (C=O) groups excluding carboxylic acids is 2. The average molecular weight is 424 g/mol. The van der Waals surface area contributed by atoms with Crippen LogP contribution in [0.1, 0.15) is 11.1 Å². The number of nitro benzene ring substituents is 1. The Kier molecular flexibility index (Phi) is 4.78. The molecule has 10 heteroatoms. The van der Waals surface area contributed by atoms with Gasteiger partial charge < -0.3 is 0 Å². The molecule has 2 amide bonds. The molecule has 30 heavy (non-hydrogen) atoms. The Labute approximate surface area is 174 Å². The molecule has 1 saturated heterocycles. The summed E-state index contributed by atoms with van der Waals surface area (Å²) in [6.45, 7) is -0.175. The van der Waals surface area contributed by atoms with E-state index in [1.54, 1.807) is 44.4 Å². The van der Waals surface area contributed by atoms with E-state index in [9.17, 15) is 24.5 Å². The van der Waals surface area contributed by atoms with Gasteiger partial charge in [-0.1, -0.05) is 24.3 Å². The summed E-state index contributed by atoms with van der Waals surface area (Å²) in [5, 5.41) is 10.7. The van der Waals surface area contributed by atoms with Crippen LogP contribution in [0.3, 0.4) is 0 Å². The number of rotatable bonds is 4. The first-order valence-electron chi connectivity index (χ1n) is 8.91. The van der Waals surface area contributed by atoms with Crippen molar-refractivity contribution in [1.29, 1.82) is 0 Å². The van der Waals surface area contributed by atoms with Gasteiger partial charge in [0, 0.05) is 25.7 Å². The van der Waals surface area contributed by atoms with Gasteiger partial charge in [0.05, 0.1) is 27.4 Å². The fourth-order valence-electron chi connectivity index (χ4n) is 3.39. The van der Waals surface area contributed by atoms with Crippen molar-refractivity contribution in [2.75, 3.05) is 0 Å². The van der Waals surface area contributed by atoms with Crippen LogP contribution in [0.5, 0.6) is 0 Å². The lowest BCUT2D eigenvalue weighted by molar-refractivity contribution is -0.385. The third-order valence-corrected chi connectivity index (χ3v) is 5.89. The molecule has 2 aromatic carbocycles. The van der Waals surface area contributed by atoms with Crippen LogP contribution in [-0.2, 0) is 25.4 Å². The second kappa shape index (κ2) is 7.30. The van der Waals surface area contributed by atoms with Gasteiger partial charge in [0.2, 0.25) is 0 Å². The summed E-state index contributed by atoms with van der Waals surface area (Å²) in [7, 11) is 3.34. The number of thioether (sulfide) groups is 1. The number of fused-ring (bicyclic) bond motifs is 1. The van der Waals surface area contributed by atoms with Crippen LogP contribution < -0.4 is 5.69 Å². The quantitative estimate of drug-likeness (QED) is 0.362. The molecule has 1 aliphatic heterocycles. The number of nitro groups is 1. The number of hydrogen-bond donors (Lipinski definition) is 0. The average Bonchev–Trinajstić information content (AvgIpc) is 3.10. The molecular weight excluding hydrogens is 408 g/mol. The van der Waals surface area contributed by atoms with Crippen molar-refractivity contribution in [2.24, 2.45) is 14.1 Å². The molecule has 0 unspecified atom stereocenters. The molecule has 0 aliphatic carbocycles. The zero-order chi connectivity index (χ0) is 21.6. The molecule has 0 saturated carbocycles. The van der Waals surface area contributed by atoms with Crippen LogP contribution in [0.25, 0.3) is 17.1 Å². The summed E-state index contributed by atoms with van der Waals surface area (Å²) in [5.41, 5.74) is 2.11. The van der Waals surface area contributed by atoms with Crippen molar-refractivity contribution < 1.29 is 14.5 Å². The van der Waals surface area contributed by atoms with Gasteiger partial charge in [0.25, 0.3) is 16.8 Å². The molecule has 1 fully saturated rings. The van der Waals surface area contributed by atoms with Crippen molar-refractivity contribution in [2.45, 2.75) is 6.54 Å². The van der Waals surface area contributed by atoms with Crippen molar-refractivity contribution in [3.05, 3.63) is 79.1 Å². The molecule has 0 radical (unpaired) electrons. The van der Waals surface area contributed by atoms with Gasteiger partial charge in [-0.3, -0.25) is 33.7 Å². The molecule has 0 atom stereocenters. The number of para-hydroxylation sites is 1. The lowest BCUT2D eigenvalue weighted by Gasteiger charge is -2.12. The number of carbonyl (C=O) groups is 2. The van der Waals surface area contributed by atoms with E-state index in [4.69, 9.17) is 0 Å². The van der Waals surface area contributed by atoms with Crippen molar-refractivity contribution >= 4 is 45.7 Å². The predicted molar refractivity (Wildman–Crippen MR) is 113 cm³/mol. The first kappa shape index (κ1) is 19.6. The van der Waals surface area contributed by atoms with E-state index in [-0.39, 0.29) is 28.4 Å². The van der Waals surface area contributed by atoms with E-state index in [1.807, 2.05) is 0 Å². The number of aryl methyl sites for hydroxylation is 2. The number of imidazole rings is 1. The molecule has 152 valence electrons.